The Hall–Kier alpha value is -1.61. The second kappa shape index (κ2) is 5.97. The standard InChI is InChI=1S/C7H12N4O2/c1-9-7(13)10-6(12)5-11(2)4-3-8/h4-5H2,1-2H3,(H2,9,10,12,13). The molecule has 0 saturated heterocycles. The maximum absolute atomic E-state index is 11.0. The van der Waals surface area contributed by atoms with E-state index in [-0.39, 0.29) is 13.1 Å². The molecule has 0 bridgehead atoms. The van der Waals surface area contributed by atoms with Gasteiger partial charge in [-0.2, -0.15) is 5.26 Å². The van der Waals surface area contributed by atoms with E-state index >= 15 is 0 Å². The summed E-state index contributed by atoms with van der Waals surface area (Å²) in [6.07, 6.45) is 0. The molecule has 0 aliphatic carbocycles. The van der Waals surface area contributed by atoms with E-state index in [9.17, 15) is 9.59 Å². The minimum atomic E-state index is -0.546. The van der Waals surface area contributed by atoms with Gasteiger partial charge in [-0.25, -0.2) is 4.79 Å². The largest absolute Gasteiger partial charge is 0.341 e. The number of likely N-dealkylation sites (N-methyl/N-ethyl adjacent to an activating group) is 1. The van der Waals surface area contributed by atoms with Crippen molar-refractivity contribution in [2.75, 3.05) is 27.2 Å². The van der Waals surface area contributed by atoms with Gasteiger partial charge in [-0.05, 0) is 7.05 Å². The van der Waals surface area contributed by atoms with Gasteiger partial charge in [-0.1, -0.05) is 0 Å². The van der Waals surface area contributed by atoms with Crippen LogP contribution in [0.15, 0.2) is 0 Å². The van der Waals surface area contributed by atoms with Crippen molar-refractivity contribution < 1.29 is 9.59 Å². The molecule has 0 aromatic carbocycles. The van der Waals surface area contributed by atoms with Crippen molar-refractivity contribution in [3.05, 3.63) is 0 Å². The lowest BCUT2D eigenvalue weighted by Gasteiger charge is -2.10. The fraction of sp³-hybridized carbons (Fsp3) is 0.571. The highest BCUT2D eigenvalue weighted by Crippen LogP contribution is 1.79. The van der Waals surface area contributed by atoms with Gasteiger partial charge < -0.3 is 5.32 Å². The number of amides is 3. The second-order valence-corrected chi connectivity index (χ2v) is 2.46. The second-order valence-electron chi connectivity index (χ2n) is 2.46. The highest BCUT2D eigenvalue weighted by atomic mass is 16.2. The normalized spacial score (nSPS) is 9.08. The molecule has 0 saturated carbocycles. The summed E-state index contributed by atoms with van der Waals surface area (Å²) < 4.78 is 0. The monoisotopic (exact) mass is 184 g/mol. The molecule has 0 aliphatic rings. The fourth-order valence-electron chi connectivity index (χ4n) is 0.650. The van der Waals surface area contributed by atoms with Crippen molar-refractivity contribution in [2.45, 2.75) is 0 Å². The van der Waals surface area contributed by atoms with Crippen LogP contribution in [0.5, 0.6) is 0 Å². The lowest BCUT2D eigenvalue weighted by Crippen LogP contribution is -2.42. The number of rotatable bonds is 3. The Morgan fingerprint density at radius 2 is 2.15 bits per heavy atom. The summed E-state index contributed by atoms with van der Waals surface area (Å²) in [5, 5.41) is 12.6. The molecule has 0 spiro atoms. The first-order chi connectivity index (χ1) is 6.10. The average molecular weight is 184 g/mol. The van der Waals surface area contributed by atoms with Crippen molar-refractivity contribution in [1.82, 2.24) is 15.5 Å². The molecule has 0 radical (unpaired) electrons. The first-order valence-corrected chi connectivity index (χ1v) is 3.67. The topological polar surface area (TPSA) is 85.2 Å². The van der Waals surface area contributed by atoms with Gasteiger partial charge in [0.05, 0.1) is 19.2 Å². The van der Waals surface area contributed by atoms with E-state index in [2.05, 4.69) is 10.6 Å². The average Bonchev–Trinajstić information content (AvgIpc) is 2.04. The molecule has 3 amide bonds. The van der Waals surface area contributed by atoms with Crippen molar-refractivity contribution >= 4 is 11.9 Å². The molecule has 13 heavy (non-hydrogen) atoms. The number of nitrogens with one attached hydrogen (secondary N) is 2. The summed E-state index contributed by atoms with van der Waals surface area (Å²) >= 11 is 0. The van der Waals surface area contributed by atoms with Gasteiger partial charge in [0.2, 0.25) is 5.91 Å². The highest BCUT2D eigenvalue weighted by Gasteiger charge is 2.08. The molecule has 2 N–H and O–H groups in total. The van der Waals surface area contributed by atoms with E-state index in [1.54, 1.807) is 7.05 Å². The Kier molecular flexibility index (Phi) is 5.23. The minimum absolute atomic E-state index is 0.0288. The fourth-order valence-corrected chi connectivity index (χ4v) is 0.650. The van der Waals surface area contributed by atoms with Crippen molar-refractivity contribution in [3.8, 4) is 6.07 Å². The summed E-state index contributed by atoms with van der Waals surface area (Å²) in [6.45, 7) is 0.183. The maximum atomic E-state index is 11.0. The van der Waals surface area contributed by atoms with Gasteiger partial charge >= 0.3 is 6.03 Å². The Morgan fingerprint density at radius 3 is 2.62 bits per heavy atom. The van der Waals surface area contributed by atoms with Crippen LogP contribution in [0.25, 0.3) is 0 Å². The molecule has 0 heterocycles. The lowest BCUT2D eigenvalue weighted by molar-refractivity contribution is -0.120. The molecule has 0 aromatic heterocycles. The number of nitriles is 1. The summed E-state index contributed by atoms with van der Waals surface area (Å²) in [5.41, 5.74) is 0. The molecule has 72 valence electrons. The van der Waals surface area contributed by atoms with Crippen LogP contribution in [0.1, 0.15) is 0 Å². The van der Waals surface area contributed by atoms with Crippen LogP contribution in [0.4, 0.5) is 4.79 Å². The SMILES string of the molecule is CNC(=O)NC(=O)CN(C)CC#N. The summed E-state index contributed by atoms with van der Waals surface area (Å²) in [5.74, 6) is -0.433. The van der Waals surface area contributed by atoms with Crippen LogP contribution in [0.2, 0.25) is 0 Å². The van der Waals surface area contributed by atoms with E-state index in [1.165, 1.54) is 11.9 Å². The minimum Gasteiger partial charge on any atom is -0.341 e. The summed E-state index contributed by atoms with van der Waals surface area (Å²) in [7, 11) is 3.04. The highest BCUT2D eigenvalue weighted by molar-refractivity contribution is 5.95. The molecule has 0 aliphatic heterocycles. The van der Waals surface area contributed by atoms with E-state index in [1.807, 2.05) is 6.07 Å². The van der Waals surface area contributed by atoms with E-state index < -0.39 is 11.9 Å². The van der Waals surface area contributed by atoms with E-state index in [0.29, 0.717) is 0 Å². The van der Waals surface area contributed by atoms with Crippen LogP contribution in [-0.2, 0) is 4.79 Å². The zero-order valence-corrected chi connectivity index (χ0v) is 7.63. The third-order valence-corrected chi connectivity index (χ3v) is 1.23. The van der Waals surface area contributed by atoms with E-state index in [4.69, 9.17) is 5.26 Å². The molecular weight excluding hydrogens is 172 g/mol. The first kappa shape index (κ1) is 11.4. The molecule has 0 aromatic rings. The third-order valence-electron chi connectivity index (χ3n) is 1.23. The molecule has 0 fully saturated rings. The summed E-state index contributed by atoms with van der Waals surface area (Å²) in [6, 6.07) is 1.34. The van der Waals surface area contributed by atoms with Crippen LogP contribution >= 0.6 is 0 Å². The van der Waals surface area contributed by atoms with Crippen molar-refractivity contribution in [3.63, 3.8) is 0 Å². The Balaban J connectivity index is 3.75. The number of hydrogen-bond donors (Lipinski definition) is 2. The number of carbonyl (C=O) groups is 2. The zero-order valence-electron chi connectivity index (χ0n) is 7.63. The Labute approximate surface area is 76.5 Å². The van der Waals surface area contributed by atoms with Gasteiger partial charge in [0.15, 0.2) is 0 Å². The van der Waals surface area contributed by atoms with Crippen LogP contribution in [0, 0.1) is 11.3 Å². The predicted octanol–water partition coefficient (Wildman–Crippen LogP) is -1.10. The third kappa shape index (κ3) is 5.64. The van der Waals surface area contributed by atoms with Gasteiger partial charge in [0, 0.05) is 7.05 Å². The lowest BCUT2D eigenvalue weighted by atomic mass is 10.5. The quantitative estimate of drug-likeness (QED) is 0.545. The molecule has 6 heteroatoms. The Morgan fingerprint density at radius 1 is 1.54 bits per heavy atom. The number of hydrogen-bond acceptors (Lipinski definition) is 4. The van der Waals surface area contributed by atoms with Gasteiger partial charge in [0.25, 0.3) is 0 Å². The number of urea groups is 1. The van der Waals surface area contributed by atoms with Crippen molar-refractivity contribution in [2.24, 2.45) is 0 Å². The molecule has 0 rings (SSSR count). The first-order valence-electron chi connectivity index (χ1n) is 3.67. The maximum Gasteiger partial charge on any atom is 0.321 e. The van der Waals surface area contributed by atoms with Gasteiger partial charge in [-0.3, -0.25) is 15.0 Å². The summed E-state index contributed by atoms with van der Waals surface area (Å²) in [4.78, 5) is 23.1. The van der Waals surface area contributed by atoms with Gasteiger partial charge in [0.1, 0.15) is 0 Å². The number of nitrogens with zero attached hydrogens (tertiary/aromatic N) is 2. The van der Waals surface area contributed by atoms with Gasteiger partial charge in [-0.15, -0.1) is 0 Å². The molecule has 0 unspecified atom stereocenters. The molecular formula is C7H12N4O2. The van der Waals surface area contributed by atoms with Crippen LogP contribution in [-0.4, -0.2) is 44.0 Å². The van der Waals surface area contributed by atoms with Crippen LogP contribution < -0.4 is 10.6 Å². The van der Waals surface area contributed by atoms with E-state index in [0.717, 1.165) is 0 Å². The Bertz CT molecular complexity index is 233. The molecule has 0 atom stereocenters. The van der Waals surface area contributed by atoms with Crippen LogP contribution in [0.3, 0.4) is 0 Å². The zero-order chi connectivity index (χ0) is 10.3. The van der Waals surface area contributed by atoms with Crippen molar-refractivity contribution in [1.29, 1.82) is 5.26 Å². The predicted molar refractivity (Wildman–Crippen MR) is 45.7 cm³/mol. The number of carbonyl (C=O) groups excluding carboxylic acids is 2. The number of imide groups is 1. The smallest absolute Gasteiger partial charge is 0.321 e. The molecule has 6 nitrogen and oxygen atoms in total.